The van der Waals surface area contributed by atoms with Gasteiger partial charge in [-0.15, -0.1) is 0 Å². The number of ether oxygens (including phenoxy) is 1. The van der Waals surface area contributed by atoms with E-state index in [1.807, 2.05) is 12.1 Å². The first-order chi connectivity index (χ1) is 9.86. The zero-order valence-electron chi connectivity index (χ0n) is 13.0. The molecule has 0 aromatic heterocycles. The lowest BCUT2D eigenvalue weighted by atomic mass is 9.85. The molecular weight excluding hydrogens is 284 g/mol. The van der Waals surface area contributed by atoms with Crippen molar-refractivity contribution in [2.75, 3.05) is 18.9 Å². The average molecular weight is 306 g/mol. The van der Waals surface area contributed by atoms with Gasteiger partial charge < -0.3 is 10.1 Å². The second-order valence-corrected chi connectivity index (χ2v) is 7.21. The molecule has 0 bridgehead atoms. The fraction of sp³-hybridized carbons (Fsp3) is 0.500. The average Bonchev–Trinajstić information content (AvgIpc) is 2.89. The fourth-order valence-electron chi connectivity index (χ4n) is 2.07. The van der Waals surface area contributed by atoms with Gasteiger partial charge in [-0.25, -0.2) is 0 Å². The van der Waals surface area contributed by atoms with Crippen LogP contribution in [0.25, 0.3) is 0 Å². The highest BCUT2D eigenvalue weighted by molar-refractivity contribution is 8.14. The number of hydrogen-bond acceptors (Lipinski definition) is 4. The minimum Gasteiger partial charge on any atom is -0.483 e. The molecule has 0 radical (unpaired) electrons. The molecule has 0 fully saturated rings. The van der Waals surface area contributed by atoms with Crippen LogP contribution in [-0.2, 0) is 10.2 Å². The van der Waals surface area contributed by atoms with E-state index in [0.717, 1.165) is 23.6 Å². The zero-order chi connectivity index (χ0) is 15.5. The molecule has 0 saturated carbocycles. The third kappa shape index (κ3) is 4.49. The molecule has 21 heavy (non-hydrogen) atoms. The lowest BCUT2D eigenvalue weighted by Crippen LogP contribution is -2.32. The van der Waals surface area contributed by atoms with Crippen LogP contribution in [0.4, 0.5) is 0 Å². The molecule has 1 N–H and O–H groups in total. The van der Waals surface area contributed by atoms with Crippen LogP contribution >= 0.6 is 11.8 Å². The van der Waals surface area contributed by atoms with E-state index in [9.17, 15) is 4.79 Å². The van der Waals surface area contributed by atoms with E-state index >= 15 is 0 Å². The van der Waals surface area contributed by atoms with Crippen LogP contribution in [0.2, 0.25) is 0 Å². The van der Waals surface area contributed by atoms with E-state index in [1.54, 1.807) is 11.8 Å². The third-order valence-electron chi connectivity index (χ3n) is 3.13. The van der Waals surface area contributed by atoms with Crippen molar-refractivity contribution in [3.63, 3.8) is 0 Å². The number of nitrogens with zero attached hydrogens (tertiary/aromatic N) is 1. The number of aliphatic imine (C=N–C) groups is 1. The first-order valence-electron chi connectivity index (χ1n) is 7.07. The van der Waals surface area contributed by atoms with Crippen molar-refractivity contribution in [1.29, 1.82) is 0 Å². The summed E-state index contributed by atoms with van der Waals surface area (Å²) in [6, 6.07) is 6.05. The van der Waals surface area contributed by atoms with Gasteiger partial charge >= 0.3 is 0 Å². The summed E-state index contributed by atoms with van der Waals surface area (Å²) in [5, 5.41) is 3.47. The van der Waals surface area contributed by atoms with Gasteiger partial charge in [0.2, 0.25) is 0 Å². The molecule has 1 aliphatic rings. The minimum absolute atomic E-state index is 0.00568. The Morgan fingerprint density at radius 1 is 1.43 bits per heavy atom. The molecule has 1 amide bonds. The van der Waals surface area contributed by atoms with Crippen molar-refractivity contribution in [2.24, 2.45) is 4.99 Å². The summed E-state index contributed by atoms with van der Waals surface area (Å²) >= 11 is 1.56. The maximum absolute atomic E-state index is 11.9. The number of hydrogen-bond donors (Lipinski definition) is 1. The van der Waals surface area contributed by atoms with Crippen LogP contribution < -0.4 is 10.1 Å². The highest BCUT2D eigenvalue weighted by atomic mass is 32.2. The van der Waals surface area contributed by atoms with Crippen molar-refractivity contribution < 1.29 is 9.53 Å². The summed E-state index contributed by atoms with van der Waals surface area (Å²) in [5.74, 6) is 1.54. The molecule has 1 heterocycles. The molecule has 5 heteroatoms. The fourth-order valence-corrected chi connectivity index (χ4v) is 2.81. The zero-order valence-corrected chi connectivity index (χ0v) is 13.8. The molecule has 1 aromatic rings. The summed E-state index contributed by atoms with van der Waals surface area (Å²) in [6.45, 7) is 9.25. The number of thioether (sulfide) groups is 1. The highest BCUT2D eigenvalue weighted by Crippen LogP contribution is 2.32. The first-order valence-corrected chi connectivity index (χ1v) is 8.06. The maximum atomic E-state index is 11.9. The van der Waals surface area contributed by atoms with E-state index in [0.29, 0.717) is 5.17 Å². The molecule has 0 aliphatic carbocycles. The topological polar surface area (TPSA) is 50.7 Å². The first kappa shape index (κ1) is 15.9. The van der Waals surface area contributed by atoms with E-state index in [-0.39, 0.29) is 17.9 Å². The molecule has 0 saturated heterocycles. The van der Waals surface area contributed by atoms with Gasteiger partial charge in [0.25, 0.3) is 5.91 Å². The van der Waals surface area contributed by atoms with Gasteiger partial charge in [0.15, 0.2) is 11.8 Å². The molecule has 2 rings (SSSR count). The SMILES string of the molecule is Cc1ccc(OCC(=O)NC2=NCCS2)c(C(C)(C)C)c1. The van der Waals surface area contributed by atoms with E-state index in [1.165, 1.54) is 5.56 Å². The second kappa shape index (κ2) is 6.52. The summed E-state index contributed by atoms with van der Waals surface area (Å²) in [7, 11) is 0. The number of amides is 1. The quantitative estimate of drug-likeness (QED) is 0.934. The monoisotopic (exact) mass is 306 g/mol. The standard InChI is InChI=1S/C16H22N2O2S/c1-11-5-6-13(12(9-11)16(2,3)4)20-10-14(19)18-15-17-7-8-21-15/h5-6,9H,7-8,10H2,1-4H3,(H,17,18,19). The van der Waals surface area contributed by atoms with Crippen LogP contribution in [0.5, 0.6) is 5.75 Å². The van der Waals surface area contributed by atoms with Gasteiger partial charge in [0.1, 0.15) is 5.75 Å². The summed E-state index contributed by atoms with van der Waals surface area (Å²) in [5.41, 5.74) is 2.28. The van der Waals surface area contributed by atoms with Gasteiger partial charge in [-0.3, -0.25) is 9.79 Å². The second-order valence-electron chi connectivity index (χ2n) is 6.12. The van der Waals surface area contributed by atoms with E-state index in [2.05, 4.69) is 44.1 Å². The number of amidine groups is 1. The summed E-state index contributed by atoms with van der Waals surface area (Å²) < 4.78 is 5.71. The third-order valence-corrected chi connectivity index (χ3v) is 4.02. The molecule has 114 valence electrons. The van der Waals surface area contributed by atoms with Crippen molar-refractivity contribution in [3.05, 3.63) is 29.3 Å². The lowest BCUT2D eigenvalue weighted by Gasteiger charge is -2.23. The van der Waals surface area contributed by atoms with Gasteiger partial charge in [-0.1, -0.05) is 50.2 Å². The van der Waals surface area contributed by atoms with Crippen LogP contribution in [0.15, 0.2) is 23.2 Å². The number of nitrogens with one attached hydrogen (secondary N) is 1. The normalized spacial score (nSPS) is 14.8. The van der Waals surface area contributed by atoms with Crippen molar-refractivity contribution in [3.8, 4) is 5.75 Å². The Labute approximate surface area is 130 Å². The van der Waals surface area contributed by atoms with E-state index < -0.39 is 0 Å². The van der Waals surface area contributed by atoms with Crippen molar-refractivity contribution >= 4 is 22.8 Å². The van der Waals surface area contributed by atoms with Crippen LogP contribution in [0, 0.1) is 6.92 Å². The number of carbonyl (C=O) groups excluding carboxylic acids is 1. The van der Waals surface area contributed by atoms with Gasteiger partial charge in [0.05, 0.1) is 6.54 Å². The number of benzene rings is 1. The molecular formula is C16H22N2O2S. The van der Waals surface area contributed by atoms with Crippen molar-refractivity contribution in [2.45, 2.75) is 33.1 Å². The van der Waals surface area contributed by atoms with Gasteiger partial charge in [-0.05, 0) is 24.0 Å². The predicted octanol–water partition coefficient (Wildman–Crippen LogP) is 2.89. The predicted molar refractivity (Wildman–Crippen MR) is 88.3 cm³/mol. The molecule has 0 spiro atoms. The number of rotatable bonds is 3. The number of carbonyl (C=O) groups is 1. The molecule has 1 aliphatic heterocycles. The number of aryl methyl sites for hydroxylation is 1. The summed E-state index contributed by atoms with van der Waals surface area (Å²) in [4.78, 5) is 16.1. The minimum atomic E-state index is -0.163. The summed E-state index contributed by atoms with van der Waals surface area (Å²) in [6.07, 6.45) is 0. The smallest absolute Gasteiger partial charge is 0.263 e. The lowest BCUT2D eigenvalue weighted by molar-refractivity contribution is -0.121. The van der Waals surface area contributed by atoms with Crippen molar-refractivity contribution in [1.82, 2.24) is 5.32 Å². The maximum Gasteiger partial charge on any atom is 0.263 e. The van der Waals surface area contributed by atoms with Gasteiger partial charge in [-0.2, -0.15) is 0 Å². The Morgan fingerprint density at radius 3 is 2.81 bits per heavy atom. The molecule has 1 aromatic carbocycles. The Hall–Kier alpha value is -1.49. The van der Waals surface area contributed by atoms with Crippen LogP contribution in [0.3, 0.4) is 0 Å². The molecule has 4 nitrogen and oxygen atoms in total. The van der Waals surface area contributed by atoms with Crippen LogP contribution in [-0.4, -0.2) is 30.0 Å². The Bertz CT molecular complexity index is 562. The molecule has 0 atom stereocenters. The van der Waals surface area contributed by atoms with E-state index in [4.69, 9.17) is 4.74 Å². The highest BCUT2D eigenvalue weighted by Gasteiger charge is 2.20. The Morgan fingerprint density at radius 2 is 2.19 bits per heavy atom. The molecule has 0 unspecified atom stereocenters. The van der Waals surface area contributed by atoms with Crippen LogP contribution in [0.1, 0.15) is 31.9 Å². The largest absolute Gasteiger partial charge is 0.483 e. The van der Waals surface area contributed by atoms with Gasteiger partial charge in [0, 0.05) is 5.75 Å². The Balaban J connectivity index is 2.01. The Kier molecular flexibility index (Phi) is 4.93.